The van der Waals surface area contributed by atoms with Gasteiger partial charge in [0.05, 0.1) is 0 Å². The lowest BCUT2D eigenvalue weighted by Crippen LogP contribution is -2.13. The molecule has 0 N–H and O–H groups in total. The number of hydrogen-bond acceptors (Lipinski definition) is 3. The third kappa shape index (κ3) is 3.07. The Balaban J connectivity index is 2.44. The molecule has 0 saturated heterocycles. The van der Waals surface area contributed by atoms with Crippen LogP contribution in [0.25, 0.3) is 0 Å². The first kappa shape index (κ1) is 9.45. The Morgan fingerprint density at radius 2 is 1.85 bits per heavy atom. The highest BCUT2D eigenvalue weighted by atomic mass is 16.5. The second-order valence-corrected chi connectivity index (χ2v) is 2.62. The maximum Gasteiger partial charge on any atom is 0.374 e. The van der Waals surface area contributed by atoms with Gasteiger partial charge in [-0.1, -0.05) is 30.3 Å². The molecule has 0 aromatic heterocycles. The molecule has 0 aliphatic heterocycles. The largest absolute Gasteiger partial charge is 0.455 e. The summed E-state index contributed by atoms with van der Waals surface area (Å²) in [5.41, 5.74) is 0.872. The lowest BCUT2D eigenvalue weighted by atomic mass is 10.2. The zero-order chi connectivity index (χ0) is 9.68. The maximum atomic E-state index is 10.7. The van der Waals surface area contributed by atoms with Gasteiger partial charge in [0.2, 0.25) is 5.78 Å². The predicted molar refractivity (Wildman–Crippen MR) is 46.9 cm³/mol. The van der Waals surface area contributed by atoms with Crippen LogP contribution in [0.3, 0.4) is 0 Å². The van der Waals surface area contributed by atoms with Crippen molar-refractivity contribution in [3.8, 4) is 0 Å². The summed E-state index contributed by atoms with van der Waals surface area (Å²) in [6, 6.07) is 9.21. The van der Waals surface area contributed by atoms with Crippen molar-refractivity contribution in [1.29, 1.82) is 0 Å². The molecule has 3 nitrogen and oxygen atoms in total. The van der Waals surface area contributed by atoms with E-state index in [0.29, 0.717) is 0 Å². The fourth-order valence-electron chi connectivity index (χ4n) is 0.825. The van der Waals surface area contributed by atoms with Crippen LogP contribution in [0.1, 0.15) is 12.5 Å². The van der Waals surface area contributed by atoms with Crippen LogP contribution >= 0.6 is 0 Å². The summed E-state index contributed by atoms with van der Waals surface area (Å²) < 4.78 is 4.70. The summed E-state index contributed by atoms with van der Waals surface area (Å²) in [5.74, 6) is -1.36. The first-order valence-corrected chi connectivity index (χ1v) is 3.92. The Bertz CT molecular complexity index is 303. The van der Waals surface area contributed by atoms with Gasteiger partial charge in [-0.3, -0.25) is 4.79 Å². The van der Waals surface area contributed by atoms with Crippen LogP contribution in [0.15, 0.2) is 30.3 Å². The number of carbonyl (C=O) groups excluding carboxylic acids is 2. The van der Waals surface area contributed by atoms with Gasteiger partial charge >= 0.3 is 5.97 Å². The van der Waals surface area contributed by atoms with Gasteiger partial charge in [0.25, 0.3) is 0 Å². The molecule has 0 spiro atoms. The van der Waals surface area contributed by atoms with Crippen LogP contribution in [0.5, 0.6) is 0 Å². The quantitative estimate of drug-likeness (QED) is 0.400. The molecule has 13 heavy (non-hydrogen) atoms. The van der Waals surface area contributed by atoms with Crippen LogP contribution < -0.4 is 0 Å². The minimum absolute atomic E-state index is 0.152. The average molecular weight is 180 g/mol. The molecule has 0 atom stereocenters. The zero-order valence-electron chi connectivity index (χ0n) is 7.32. The molecule has 0 heterocycles. The Morgan fingerprint density at radius 1 is 1.23 bits per heavy atom. The minimum atomic E-state index is -0.788. The second kappa shape index (κ2) is 4.40. The number of hydrogen-bond donors (Lipinski definition) is 0. The number of ketones is 1. The molecule has 1 aromatic carbocycles. The van der Waals surface area contributed by atoms with Crippen LogP contribution in [0.4, 0.5) is 0 Å². The summed E-state index contributed by atoms with van der Waals surface area (Å²) in [7, 11) is 0. The Kier molecular flexibility index (Phi) is 3.20. The standard InChI is InChI=1S/C10H10O3/c1-8(11)10(12)13-7-9-5-3-2-4-6-9/h2-6H,7H2,1H3/i1+1,8+1. The molecule has 1 aromatic rings. The summed E-state index contributed by atoms with van der Waals surface area (Å²) in [6.45, 7) is 1.34. The number of esters is 1. The molecule has 0 saturated carbocycles. The van der Waals surface area contributed by atoms with E-state index < -0.39 is 11.8 Å². The van der Waals surface area contributed by atoms with E-state index in [4.69, 9.17) is 4.74 Å². The highest BCUT2D eigenvalue weighted by molar-refractivity contribution is 6.32. The van der Waals surface area contributed by atoms with E-state index in [0.717, 1.165) is 5.56 Å². The lowest BCUT2D eigenvalue weighted by Gasteiger charge is -2.01. The average Bonchev–Trinajstić information content (AvgIpc) is 2.15. The van der Waals surface area contributed by atoms with E-state index in [2.05, 4.69) is 0 Å². The van der Waals surface area contributed by atoms with E-state index in [1.165, 1.54) is 6.92 Å². The maximum absolute atomic E-state index is 10.7. The van der Waals surface area contributed by atoms with Crippen LogP contribution in [-0.4, -0.2) is 11.8 Å². The third-order valence-corrected chi connectivity index (χ3v) is 1.50. The smallest absolute Gasteiger partial charge is 0.374 e. The van der Waals surface area contributed by atoms with Crippen LogP contribution in [0, 0.1) is 0 Å². The minimum Gasteiger partial charge on any atom is -0.455 e. The summed E-state index contributed by atoms with van der Waals surface area (Å²) in [4.78, 5) is 21.2. The van der Waals surface area contributed by atoms with Crippen molar-refractivity contribution in [1.82, 2.24) is 0 Å². The van der Waals surface area contributed by atoms with Gasteiger partial charge in [0.1, 0.15) is 6.61 Å². The van der Waals surface area contributed by atoms with Gasteiger partial charge in [-0.25, -0.2) is 4.79 Å². The number of rotatable bonds is 3. The van der Waals surface area contributed by atoms with Gasteiger partial charge in [-0.2, -0.15) is 0 Å². The molecule has 0 aliphatic carbocycles. The molecular weight excluding hydrogens is 170 g/mol. The molecule has 0 radical (unpaired) electrons. The molecule has 3 heteroatoms. The fraction of sp³-hybridized carbons (Fsp3) is 0.200. The molecule has 68 valence electrons. The highest BCUT2D eigenvalue weighted by Crippen LogP contribution is 2.00. The van der Waals surface area contributed by atoms with Crippen molar-refractivity contribution in [3.63, 3.8) is 0 Å². The number of benzene rings is 1. The van der Waals surface area contributed by atoms with Crippen molar-refractivity contribution in [2.24, 2.45) is 0 Å². The Labute approximate surface area is 76.3 Å². The first-order chi connectivity index (χ1) is 6.20. The van der Waals surface area contributed by atoms with Gasteiger partial charge < -0.3 is 4.74 Å². The van der Waals surface area contributed by atoms with Crippen molar-refractivity contribution >= 4 is 11.8 Å². The Hall–Kier alpha value is -1.64. The number of carbonyl (C=O) groups is 2. The van der Waals surface area contributed by atoms with E-state index in [1.54, 1.807) is 0 Å². The number of Topliss-reactive ketones (excluding diaryl/α,β-unsaturated/α-hetero) is 1. The second-order valence-electron chi connectivity index (χ2n) is 2.62. The molecular formula is C10H10O3. The summed E-state index contributed by atoms with van der Waals surface area (Å²) in [6.07, 6.45) is 0. The van der Waals surface area contributed by atoms with Gasteiger partial charge in [0, 0.05) is 6.92 Å². The van der Waals surface area contributed by atoms with E-state index in [9.17, 15) is 9.59 Å². The monoisotopic (exact) mass is 180 g/mol. The SMILES string of the molecule is [13CH3][13C](=O)C(=O)OCc1ccccc1. The van der Waals surface area contributed by atoms with Crippen LogP contribution in [-0.2, 0) is 20.9 Å². The van der Waals surface area contributed by atoms with Crippen molar-refractivity contribution in [2.45, 2.75) is 13.5 Å². The lowest BCUT2D eigenvalue weighted by molar-refractivity contribution is -0.153. The van der Waals surface area contributed by atoms with E-state index in [1.807, 2.05) is 30.3 Å². The van der Waals surface area contributed by atoms with Gasteiger partial charge in [0.15, 0.2) is 0 Å². The number of ether oxygens (including phenoxy) is 1. The Morgan fingerprint density at radius 3 is 2.38 bits per heavy atom. The van der Waals surface area contributed by atoms with Crippen molar-refractivity contribution in [3.05, 3.63) is 35.9 Å². The van der Waals surface area contributed by atoms with Crippen LogP contribution in [0.2, 0.25) is 0 Å². The normalized spacial score (nSPS) is 9.31. The molecule has 0 unspecified atom stereocenters. The van der Waals surface area contributed by atoms with E-state index in [-0.39, 0.29) is 6.61 Å². The van der Waals surface area contributed by atoms with Crippen molar-refractivity contribution < 1.29 is 14.3 Å². The molecule has 0 amide bonds. The topological polar surface area (TPSA) is 43.4 Å². The molecule has 1 rings (SSSR count). The zero-order valence-corrected chi connectivity index (χ0v) is 7.32. The first-order valence-electron chi connectivity index (χ1n) is 3.92. The molecule has 0 fully saturated rings. The predicted octanol–water partition coefficient (Wildman–Crippen LogP) is 1.32. The fourth-order valence-corrected chi connectivity index (χ4v) is 0.825. The third-order valence-electron chi connectivity index (χ3n) is 1.50. The summed E-state index contributed by atoms with van der Waals surface area (Å²) >= 11 is 0. The molecule has 0 bridgehead atoms. The van der Waals surface area contributed by atoms with Crippen molar-refractivity contribution in [2.75, 3.05) is 0 Å². The molecule has 0 aliphatic rings. The summed E-state index contributed by atoms with van der Waals surface area (Å²) in [5, 5.41) is 0. The van der Waals surface area contributed by atoms with E-state index >= 15 is 0 Å². The van der Waals surface area contributed by atoms with Gasteiger partial charge in [-0.15, -0.1) is 0 Å². The highest BCUT2D eigenvalue weighted by Gasteiger charge is 2.07. The van der Waals surface area contributed by atoms with Gasteiger partial charge in [-0.05, 0) is 5.56 Å².